The molecule has 0 amide bonds. The van der Waals surface area contributed by atoms with Gasteiger partial charge >= 0.3 is 5.97 Å². The predicted octanol–water partition coefficient (Wildman–Crippen LogP) is 1.59. The Hall–Kier alpha value is -1.80. The third kappa shape index (κ3) is 3.40. The number of aromatic nitrogens is 2. The zero-order chi connectivity index (χ0) is 14.7. The SMILES string of the molecule is Cc1cc(-c2nnc(CSC[C@@H](N)C(=O)O)o2)c(C)o1. The highest BCUT2D eigenvalue weighted by Gasteiger charge is 2.16. The number of nitrogens with two attached hydrogens (primary N) is 1. The van der Waals surface area contributed by atoms with E-state index in [-0.39, 0.29) is 5.75 Å². The molecule has 0 radical (unpaired) electrons. The molecule has 2 heterocycles. The van der Waals surface area contributed by atoms with Crippen LogP contribution in [0.25, 0.3) is 11.5 Å². The first kappa shape index (κ1) is 14.6. The topological polar surface area (TPSA) is 115 Å². The van der Waals surface area contributed by atoms with Crippen LogP contribution in [-0.4, -0.2) is 33.1 Å². The molecule has 0 aliphatic carbocycles. The summed E-state index contributed by atoms with van der Waals surface area (Å²) in [7, 11) is 0. The van der Waals surface area contributed by atoms with Crippen molar-refractivity contribution >= 4 is 17.7 Å². The first-order valence-electron chi connectivity index (χ1n) is 5.93. The first-order valence-corrected chi connectivity index (χ1v) is 7.08. The molecule has 2 aromatic heterocycles. The smallest absolute Gasteiger partial charge is 0.321 e. The highest BCUT2D eigenvalue weighted by atomic mass is 32.2. The van der Waals surface area contributed by atoms with Crippen molar-refractivity contribution < 1.29 is 18.7 Å². The summed E-state index contributed by atoms with van der Waals surface area (Å²) < 4.78 is 10.9. The molecule has 20 heavy (non-hydrogen) atoms. The van der Waals surface area contributed by atoms with Crippen LogP contribution < -0.4 is 5.73 Å². The molecule has 0 fully saturated rings. The summed E-state index contributed by atoms with van der Waals surface area (Å²) in [5.74, 6) is 2.02. The molecule has 0 bridgehead atoms. The summed E-state index contributed by atoms with van der Waals surface area (Å²) in [6.07, 6.45) is 0. The largest absolute Gasteiger partial charge is 0.480 e. The van der Waals surface area contributed by atoms with E-state index in [1.807, 2.05) is 19.9 Å². The number of carboxylic acid groups (broad SMARTS) is 1. The van der Waals surface area contributed by atoms with Crippen molar-refractivity contribution in [2.75, 3.05) is 5.75 Å². The first-order chi connectivity index (χ1) is 9.47. The van der Waals surface area contributed by atoms with Gasteiger partial charge in [0.25, 0.3) is 5.89 Å². The van der Waals surface area contributed by atoms with Gasteiger partial charge in [0.15, 0.2) is 0 Å². The number of rotatable bonds is 6. The number of carbonyl (C=O) groups is 1. The minimum Gasteiger partial charge on any atom is -0.480 e. The minimum absolute atomic E-state index is 0.289. The second kappa shape index (κ2) is 6.10. The molecule has 0 unspecified atom stereocenters. The highest BCUT2D eigenvalue weighted by molar-refractivity contribution is 7.98. The molecule has 8 heteroatoms. The molecule has 0 saturated heterocycles. The van der Waals surface area contributed by atoms with E-state index in [1.165, 1.54) is 11.8 Å². The van der Waals surface area contributed by atoms with Crippen molar-refractivity contribution in [3.63, 3.8) is 0 Å². The predicted molar refractivity (Wildman–Crippen MR) is 73.2 cm³/mol. The van der Waals surface area contributed by atoms with Crippen LogP contribution in [0.3, 0.4) is 0 Å². The molecule has 108 valence electrons. The van der Waals surface area contributed by atoms with Crippen molar-refractivity contribution in [1.29, 1.82) is 0 Å². The Morgan fingerprint density at radius 2 is 2.20 bits per heavy atom. The van der Waals surface area contributed by atoms with Crippen LogP contribution in [0.1, 0.15) is 17.4 Å². The second-order valence-corrected chi connectivity index (χ2v) is 5.32. The van der Waals surface area contributed by atoms with Gasteiger partial charge < -0.3 is 19.7 Å². The maximum absolute atomic E-state index is 10.6. The molecule has 0 aliphatic heterocycles. The average Bonchev–Trinajstić information content (AvgIpc) is 2.95. The highest BCUT2D eigenvalue weighted by Crippen LogP contribution is 2.26. The van der Waals surface area contributed by atoms with Crippen molar-refractivity contribution in [3.05, 3.63) is 23.5 Å². The van der Waals surface area contributed by atoms with E-state index in [4.69, 9.17) is 19.7 Å². The van der Waals surface area contributed by atoms with E-state index in [0.29, 0.717) is 17.5 Å². The number of carboxylic acids is 1. The van der Waals surface area contributed by atoms with Crippen LogP contribution in [0.5, 0.6) is 0 Å². The lowest BCUT2D eigenvalue weighted by atomic mass is 10.2. The van der Waals surface area contributed by atoms with Crippen LogP contribution >= 0.6 is 11.8 Å². The number of aryl methyl sites for hydroxylation is 2. The summed E-state index contributed by atoms with van der Waals surface area (Å²) in [4.78, 5) is 10.6. The van der Waals surface area contributed by atoms with Crippen molar-refractivity contribution in [2.45, 2.75) is 25.6 Å². The number of aliphatic carboxylic acids is 1. The molecule has 0 spiro atoms. The average molecular weight is 297 g/mol. The van der Waals surface area contributed by atoms with Gasteiger partial charge in [-0.3, -0.25) is 4.79 Å². The second-order valence-electron chi connectivity index (χ2n) is 4.29. The van der Waals surface area contributed by atoms with Crippen molar-refractivity contribution in [2.24, 2.45) is 5.73 Å². The Bertz CT molecular complexity index is 608. The molecule has 3 N–H and O–H groups in total. The van der Waals surface area contributed by atoms with Gasteiger partial charge in [-0.1, -0.05) is 0 Å². The van der Waals surface area contributed by atoms with Crippen LogP contribution in [0.4, 0.5) is 0 Å². The van der Waals surface area contributed by atoms with Gasteiger partial charge in [0.2, 0.25) is 5.89 Å². The van der Waals surface area contributed by atoms with Gasteiger partial charge in [-0.15, -0.1) is 22.0 Å². The van der Waals surface area contributed by atoms with Gasteiger partial charge in [-0.05, 0) is 19.9 Å². The number of thioether (sulfide) groups is 1. The lowest BCUT2D eigenvalue weighted by Gasteiger charge is -2.03. The molecular formula is C12H15N3O4S. The van der Waals surface area contributed by atoms with Gasteiger partial charge in [-0.25, -0.2) is 0 Å². The fourth-order valence-corrected chi connectivity index (χ4v) is 2.41. The molecule has 0 saturated carbocycles. The van der Waals surface area contributed by atoms with Gasteiger partial charge in [0.05, 0.1) is 11.3 Å². The minimum atomic E-state index is -1.02. The third-order valence-corrected chi connectivity index (χ3v) is 3.62. The number of hydrogen-bond acceptors (Lipinski definition) is 7. The summed E-state index contributed by atoms with van der Waals surface area (Å²) in [5, 5.41) is 16.5. The molecule has 7 nitrogen and oxygen atoms in total. The summed E-state index contributed by atoms with van der Waals surface area (Å²) in [5.41, 5.74) is 6.17. The van der Waals surface area contributed by atoms with Crippen LogP contribution in [0, 0.1) is 13.8 Å². The normalized spacial score (nSPS) is 12.6. The van der Waals surface area contributed by atoms with Gasteiger partial charge in [0, 0.05) is 5.75 Å². The monoisotopic (exact) mass is 297 g/mol. The van der Waals surface area contributed by atoms with E-state index in [2.05, 4.69) is 10.2 Å². The Morgan fingerprint density at radius 3 is 2.80 bits per heavy atom. The van der Waals surface area contributed by atoms with Crippen LogP contribution in [0.15, 0.2) is 14.9 Å². The zero-order valence-corrected chi connectivity index (χ0v) is 11.9. The Kier molecular flexibility index (Phi) is 4.46. The summed E-state index contributed by atoms with van der Waals surface area (Å²) in [6.45, 7) is 3.67. The molecular weight excluding hydrogens is 282 g/mol. The van der Waals surface area contributed by atoms with E-state index < -0.39 is 12.0 Å². The van der Waals surface area contributed by atoms with E-state index in [1.54, 1.807) is 0 Å². The molecule has 0 aromatic carbocycles. The lowest BCUT2D eigenvalue weighted by Crippen LogP contribution is -2.32. The third-order valence-electron chi connectivity index (χ3n) is 2.58. The van der Waals surface area contributed by atoms with E-state index >= 15 is 0 Å². The maximum Gasteiger partial charge on any atom is 0.321 e. The molecule has 2 rings (SSSR count). The van der Waals surface area contributed by atoms with Crippen LogP contribution in [-0.2, 0) is 10.5 Å². The number of furan rings is 1. The van der Waals surface area contributed by atoms with Gasteiger partial charge in [-0.2, -0.15) is 0 Å². The lowest BCUT2D eigenvalue weighted by molar-refractivity contribution is -0.137. The fourth-order valence-electron chi connectivity index (χ4n) is 1.61. The number of nitrogens with zero attached hydrogens (tertiary/aromatic N) is 2. The maximum atomic E-state index is 10.6. The number of hydrogen-bond donors (Lipinski definition) is 2. The Labute approximate surface area is 119 Å². The quantitative estimate of drug-likeness (QED) is 0.825. The van der Waals surface area contributed by atoms with Crippen LogP contribution in [0.2, 0.25) is 0 Å². The molecule has 2 aromatic rings. The standard InChI is InChI=1S/C12H15N3O4S/c1-6-3-8(7(2)18-6)11-15-14-10(19-11)5-20-4-9(13)12(16)17/h3,9H,4-5,13H2,1-2H3,(H,16,17)/t9-/m1/s1. The van der Waals surface area contributed by atoms with E-state index in [0.717, 1.165) is 17.1 Å². The Balaban J connectivity index is 1.96. The van der Waals surface area contributed by atoms with E-state index in [9.17, 15) is 4.79 Å². The summed E-state index contributed by atoms with van der Waals surface area (Å²) in [6, 6.07) is 0.946. The van der Waals surface area contributed by atoms with Gasteiger partial charge in [0.1, 0.15) is 17.6 Å². The fraction of sp³-hybridized carbons (Fsp3) is 0.417. The summed E-state index contributed by atoms with van der Waals surface area (Å²) >= 11 is 1.34. The Morgan fingerprint density at radius 1 is 1.45 bits per heavy atom. The molecule has 1 atom stereocenters. The van der Waals surface area contributed by atoms with Crippen molar-refractivity contribution in [1.82, 2.24) is 10.2 Å². The van der Waals surface area contributed by atoms with Crippen molar-refractivity contribution in [3.8, 4) is 11.5 Å². The zero-order valence-electron chi connectivity index (χ0n) is 11.1. The molecule has 0 aliphatic rings.